The van der Waals surface area contributed by atoms with Crippen molar-refractivity contribution in [3.8, 4) is 10.9 Å². The van der Waals surface area contributed by atoms with E-state index < -0.39 is 0 Å². The van der Waals surface area contributed by atoms with Crippen molar-refractivity contribution in [1.29, 1.82) is 0 Å². The Morgan fingerprint density at radius 1 is 1.31 bits per heavy atom. The van der Waals surface area contributed by atoms with Crippen LogP contribution in [-0.2, 0) is 13.0 Å². The van der Waals surface area contributed by atoms with Gasteiger partial charge in [0.15, 0.2) is 0 Å². The van der Waals surface area contributed by atoms with Crippen LogP contribution in [-0.4, -0.2) is 27.8 Å². The Kier molecular flexibility index (Phi) is 5.68. The van der Waals surface area contributed by atoms with Crippen LogP contribution in [0.15, 0.2) is 42.0 Å². The van der Waals surface area contributed by atoms with E-state index in [-0.39, 0.29) is 5.91 Å². The molecule has 3 rings (SSSR count). The van der Waals surface area contributed by atoms with Gasteiger partial charge in [0.1, 0.15) is 5.75 Å². The van der Waals surface area contributed by atoms with Gasteiger partial charge in [-0.25, -0.2) is 9.67 Å². The van der Waals surface area contributed by atoms with Crippen molar-refractivity contribution in [3.05, 3.63) is 58.9 Å². The monoisotopic (exact) mass is 370 g/mol. The van der Waals surface area contributed by atoms with Crippen LogP contribution >= 0.6 is 11.3 Å². The smallest absolute Gasteiger partial charge is 0.255 e. The van der Waals surface area contributed by atoms with E-state index in [9.17, 15) is 4.79 Å². The summed E-state index contributed by atoms with van der Waals surface area (Å²) in [5, 5.41) is 10.2. The van der Waals surface area contributed by atoms with E-state index in [4.69, 9.17) is 4.74 Å². The molecule has 26 heavy (non-hydrogen) atoms. The van der Waals surface area contributed by atoms with Crippen molar-refractivity contribution in [3.63, 3.8) is 0 Å². The Morgan fingerprint density at radius 3 is 2.69 bits per heavy atom. The van der Waals surface area contributed by atoms with Crippen molar-refractivity contribution in [2.24, 2.45) is 5.92 Å². The average Bonchev–Trinajstić information content (AvgIpc) is 3.29. The minimum Gasteiger partial charge on any atom is -0.497 e. The number of rotatable bonds is 7. The highest BCUT2D eigenvalue weighted by Gasteiger charge is 2.18. The Morgan fingerprint density at radius 2 is 2.08 bits per heavy atom. The van der Waals surface area contributed by atoms with Gasteiger partial charge in [-0.1, -0.05) is 26.0 Å². The van der Waals surface area contributed by atoms with Crippen LogP contribution in [0.5, 0.6) is 5.75 Å². The van der Waals surface area contributed by atoms with E-state index in [0.29, 0.717) is 18.0 Å². The van der Waals surface area contributed by atoms with Gasteiger partial charge >= 0.3 is 0 Å². The van der Waals surface area contributed by atoms with Gasteiger partial charge in [-0.3, -0.25) is 4.79 Å². The highest BCUT2D eigenvalue weighted by atomic mass is 32.1. The third-order valence-corrected chi connectivity index (χ3v) is 4.63. The van der Waals surface area contributed by atoms with Crippen molar-refractivity contribution < 1.29 is 9.53 Å². The molecule has 0 radical (unpaired) electrons. The number of methoxy groups -OCH3 is 1. The number of nitrogens with zero attached hydrogens (tertiary/aromatic N) is 3. The Hall–Kier alpha value is -2.67. The largest absolute Gasteiger partial charge is 0.497 e. The van der Waals surface area contributed by atoms with E-state index in [1.54, 1.807) is 24.2 Å². The lowest BCUT2D eigenvalue weighted by molar-refractivity contribution is 0.0950. The zero-order chi connectivity index (χ0) is 18.5. The van der Waals surface area contributed by atoms with Crippen LogP contribution < -0.4 is 10.1 Å². The first kappa shape index (κ1) is 18.1. The number of hydrogen-bond acceptors (Lipinski definition) is 5. The fourth-order valence-corrected chi connectivity index (χ4v) is 3.15. The summed E-state index contributed by atoms with van der Waals surface area (Å²) in [7, 11) is 1.63. The van der Waals surface area contributed by atoms with Gasteiger partial charge in [-0.05, 0) is 30.0 Å². The molecule has 0 saturated carbocycles. The van der Waals surface area contributed by atoms with E-state index in [0.717, 1.165) is 28.6 Å². The van der Waals surface area contributed by atoms with Crippen LogP contribution in [0.1, 0.15) is 35.5 Å². The van der Waals surface area contributed by atoms with Gasteiger partial charge < -0.3 is 10.1 Å². The number of aromatic nitrogens is 3. The Bertz CT molecular complexity index is 854. The van der Waals surface area contributed by atoms with Gasteiger partial charge in [0, 0.05) is 24.3 Å². The normalized spacial score (nSPS) is 10.9. The first-order chi connectivity index (χ1) is 12.6. The third kappa shape index (κ3) is 4.29. The predicted molar refractivity (Wildman–Crippen MR) is 102 cm³/mol. The summed E-state index contributed by atoms with van der Waals surface area (Å²) in [5.41, 5.74) is 2.40. The number of nitrogens with one attached hydrogen (secondary N) is 1. The molecule has 0 aliphatic carbocycles. The van der Waals surface area contributed by atoms with Crippen LogP contribution in [0.3, 0.4) is 0 Å². The maximum absolute atomic E-state index is 12.7. The van der Waals surface area contributed by atoms with Crippen LogP contribution in [0.4, 0.5) is 0 Å². The van der Waals surface area contributed by atoms with Gasteiger partial charge in [0.05, 0.1) is 18.4 Å². The number of carbonyl (C=O) groups is 1. The molecular formula is C19H22N4O2S. The molecule has 0 fully saturated rings. The molecule has 7 heteroatoms. The number of benzene rings is 1. The summed E-state index contributed by atoms with van der Waals surface area (Å²) < 4.78 is 6.84. The lowest BCUT2D eigenvalue weighted by Gasteiger charge is -2.07. The van der Waals surface area contributed by atoms with Crippen LogP contribution in [0.25, 0.3) is 5.13 Å². The summed E-state index contributed by atoms with van der Waals surface area (Å²) in [6.45, 7) is 4.68. The molecular weight excluding hydrogens is 348 g/mol. The van der Waals surface area contributed by atoms with Crippen molar-refractivity contribution in [1.82, 2.24) is 20.1 Å². The minimum atomic E-state index is -0.126. The van der Waals surface area contributed by atoms with Gasteiger partial charge in [0.2, 0.25) is 5.13 Å². The molecule has 1 N–H and O–H groups in total. The molecule has 0 atom stereocenters. The molecule has 0 aliphatic rings. The molecule has 0 saturated heterocycles. The number of hydrogen-bond donors (Lipinski definition) is 1. The zero-order valence-corrected chi connectivity index (χ0v) is 15.9. The highest BCUT2D eigenvalue weighted by Crippen LogP contribution is 2.18. The molecule has 0 aliphatic heterocycles. The van der Waals surface area contributed by atoms with E-state index >= 15 is 0 Å². The summed E-state index contributed by atoms with van der Waals surface area (Å²) in [6, 6.07) is 7.64. The number of thiazole rings is 1. The van der Waals surface area contributed by atoms with Crippen LogP contribution in [0, 0.1) is 5.92 Å². The second-order valence-electron chi connectivity index (χ2n) is 6.38. The summed E-state index contributed by atoms with van der Waals surface area (Å²) in [6.07, 6.45) is 4.23. The third-order valence-electron chi connectivity index (χ3n) is 3.86. The molecule has 2 heterocycles. The molecule has 1 amide bonds. The first-order valence-corrected chi connectivity index (χ1v) is 9.34. The SMILES string of the molecule is COc1ccc(CNC(=O)c2cn(-c3nccs3)nc2CC(C)C)cc1. The zero-order valence-electron chi connectivity index (χ0n) is 15.1. The molecule has 136 valence electrons. The molecule has 1 aromatic carbocycles. The van der Waals surface area contributed by atoms with Crippen molar-refractivity contribution in [2.45, 2.75) is 26.8 Å². The molecule has 0 spiro atoms. The van der Waals surface area contributed by atoms with Gasteiger partial charge in [-0.15, -0.1) is 11.3 Å². The topological polar surface area (TPSA) is 69.0 Å². The maximum Gasteiger partial charge on any atom is 0.255 e. The highest BCUT2D eigenvalue weighted by molar-refractivity contribution is 7.12. The van der Waals surface area contributed by atoms with Gasteiger partial charge in [0.25, 0.3) is 5.91 Å². The average molecular weight is 370 g/mol. The molecule has 6 nitrogen and oxygen atoms in total. The number of ether oxygens (including phenoxy) is 1. The van der Waals surface area contributed by atoms with Crippen molar-refractivity contribution >= 4 is 17.2 Å². The fraction of sp³-hybridized carbons (Fsp3) is 0.316. The quantitative estimate of drug-likeness (QED) is 0.691. The first-order valence-electron chi connectivity index (χ1n) is 8.46. The summed E-state index contributed by atoms with van der Waals surface area (Å²) in [5.74, 6) is 1.08. The lowest BCUT2D eigenvalue weighted by atomic mass is 10.0. The summed E-state index contributed by atoms with van der Waals surface area (Å²) >= 11 is 1.49. The van der Waals surface area contributed by atoms with E-state index in [1.165, 1.54) is 11.3 Å². The second-order valence-corrected chi connectivity index (χ2v) is 7.25. The lowest BCUT2D eigenvalue weighted by Crippen LogP contribution is -2.23. The summed E-state index contributed by atoms with van der Waals surface area (Å²) in [4.78, 5) is 17.0. The van der Waals surface area contributed by atoms with Crippen LogP contribution in [0.2, 0.25) is 0 Å². The predicted octanol–water partition coefficient (Wildman–Crippen LogP) is 3.47. The molecule has 0 bridgehead atoms. The number of amides is 1. The van der Waals surface area contributed by atoms with E-state index in [2.05, 4.69) is 29.2 Å². The standard InChI is InChI=1S/C19H22N4O2S/c1-13(2)10-17-16(12-23(22-17)19-20-8-9-26-19)18(24)21-11-14-4-6-15(25-3)7-5-14/h4-9,12-13H,10-11H2,1-3H3,(H,21,24). The maximum atomic E-state index is 12.7. The molecule has 3 aromatic rings. The molecule has 2 aromatic heterocycles. The molecule has 0 unspecified atom stereocenters. The minimum absolute atomic E-state index is 0.126. The Labute approximate surface area is 156 Å². The second kappa shape index (κ2) is 8.14. The number of carbonyl (C=O) groups excluding carboxylic acids is 1. The van der Waals surface area contributed by atoms with Gasteiger partial charge in [-0.2, -0.15) is 5.10 Å². The van der Waals surface area contributed by atoms with Crippen molar-refractivity contribution in [2.75, 3.05) is 7.11 Å². The Balaban J connectivity index is 1.76. The fourth-order valence-electron chi connectivity index (χ4n) is 2.58. The van der Waals surface area contributed by atoms with E-state index in [1.807, 2.05) is 29.6 Å².